The van der Waals surface area contributed by atoms with Gasteiger partial charge in [-0.15, -0.1) is 0 Å². The molecule has 144 valence electrons. The van der Waals surface area contributed by atoms with Gasteiger partial charge in [-0.2, -0.15) is 0 Å². The zero-order valence-corrected chi connectivity index (χ0v) is 16.3. The average Bonchev–Trinajstić information content (AvgIpc) is 3.05. The van der Waals surface area contributed by atoms with Gasteiger partial charge < -0.3 is 9.47 Å². The molecule has 1 spiro atoms. The van der Waals surface area contributed by atoms with E-state index in [1.54, 1.807) is 12.4 Å². The van der Waals surface area contributed by atoms with Crippen LogP contribution in [-0.2, 0) is 24.9 Å². The van der Waals surface area contributed by atoms with Crippen molar-refractivity contribution < 1.29 is 4.79 Å². The highest BCUT2D eigenvalue weighted by Crippen LogP contribution is 2.39. The van der Waals surface area contributed by atoms with E-state index in [1.165, 1.54) is 12.8 Å². The van der Waals surface area contributed by atoms with Gasteiger partial charge in [-0.3, -0.25) is 19.7 Å². The Morgan fingerprint density at radius 1 is 1.11 bits per heavy atom. The van der Waals surface area contributed by atoms with Crippen LogP contribution < -0.4 is 0 Å². The quantitative estimate of drug-likeness (QED) is 0.825. The van der Waals surface area contributed by atoms with E-state index < -0.39 is 0 Å². The summed E-state index contributed by atoms with van der Waals surface area (Å²) in [5, 5.41) is 0. The second-order valence-electron chi connectivity index (χ2n) is 8.17. The number of imidazole rings is 1. The average molecular weight is 368 g/mol. The van der Waals surface area contributed by atoms with Crippen LogP contribution in [-0.4, -0.2) is 54.9 Å². The maximum Gasteiger partial charge on any atom is 0.222 e. The summed E-state index contributed by atoms with van der Waals surface area (Å²) in [6, 6.07) is 0. The highest BCUT2D eigenvalue weighted by Gasteiger charge is 2.41. The van der Waals surface area contributed by atoms with Crippen molar-refractivity contribution >= 4 is 5.91 Å². The molecular formula is C20H28N6O. The number of rotatable bonds is 4. The molecule has 0 aromatic carbocycles. The lowest BCUT2D eigenvalue weighted by molar-refractivity contribution is -0.140. The molecule has 27 heavy (non-hydrogen) atoms. The predicted octanol–water partition coefficient (Wildman–Crippen LogP) is 1.92. The topological polar surface area (TPSA) is 67.2 Å². The normalized spacial score (nSPS) is 23.9. The summed E-state index contributed by atoms with van der Waals surface area (Å²) in [7, 11) is 2.05. The number of nitrogens with zero attached hydrogens (tertiary/aromatic N) is 6. The van der Waals surface area contributed by atoms with Crippen LogP contribution in [0.5, 0.6) is 0 Å². The van der Waals surface area contributed by atoms with Crippen LogP contribution in [0.25, 0.3) is 0 Å². The lowest BCUT2D eigenvalue weighted by Crippen LogP contribution is -2.53. The number of carbonyl (C=O) groups excluding carboxylic acids is 1. The van der Waals surface area contributed by atoms with E-state index in [4.69, 9.17) is 0 Å². The highest BCUT2D eigenvalue weighted by molar-refractivity contribution is 5.77. The lowest BCUT2D eigenvalue weighted by atomic mass is 9.73. The number of hydrogen-bond donors (Lipinski definition) is 0. The van der Waals surface area contributed by atoms with Gasteiger partial charge >= 0.3 is 0 Å². The summed E-state index contributed by atoms with van der Waals surface area (Å²) in [6.45, 7) is 6.32. The summed E-state index contributed by atoms with van der Waals surface area (Å²) in [4.78, 5) is 30.3. The van der Waals surface area contributed by atoms with E-state index in [1.807, 2.05) is 31.3 Å². The van der Waals surface area contributed by atoms with Gasteiger partial charge in [0.15, 0.2) is 0 Å². The molecule has 0 saturated carbocycles. The zero-order chi connectivity index (χ0) is 18.9. The molecule has 0 radical (unpaired) electrons. The van der Waals surface area contributed by atoms with Crippen molar-refractivity contribution in [3.8, 4) is 0 Å². The maximum atomic E-state index is 12.5. The van der Waals surface area contributed by atoms with Gasteiger partial charge in [0.2, 0.25) is 5.91 Å². The number of hydrogen-bond acceptors (Lipinski definition) is 5. The molecule has 2 fully saturated rings. The van der Waals surface area contributed by atoms with Gasteiger partial charge in [0, 0.05) is 50.6 Å². The van der Waals surface area contributed by atoms with Crippen LogP contribution in [0.4, 0.5) is 0 Å². The van der Waals surface area contributed by atoms with E-state index in [0.717, 1.165) is 49.8 Å². The molecule has 2 aromatic heterocycles. The molecule has 0 unspecified atom stereocenters. The Balaban J connectivity index is 1.44. The number of carbonyl (C=O) groups is 1. The molecule has 1 atom stereocenters. The van der Waals surface area contributed by atoms with Crippen LogP contribution in [0.3, 0.4) is 0 Å². The zero-order valence-electron chi connectivity index (χ0n) is 16.3. The molecule has 2 aliphatic rings. The van der Waals surface area contributed by atoms with Gasteiger partial charge in [0.05, 0.1) is 30.7 Å². The summed E-state index contributed by atoms with van der Waals surface area (Å²) >= 11 is 0. The highest BCUT2D eigenvalue weighted by atomic mass is 16.2. The van der Waals surface area contributed by atoms with E-state index in [9.17, 15) is 4.79 Å². The largest absolute Gasteiger partial charge is 0.337 e. The number of piperidine rings is 2. The molecular weight excluding hydrogens is 340 g/mol. The fourth-order valence-electron chi connectivity index (χ4n) is 4.47. The standard InChI is InChI=1S/C20H28N6O/c1-16-10-23-17(11-22-16)12-26-15-20(6-4-19(26)27)5-3-8-25(14-20)13-18-21-7-9-24(18)2/h7,9-11H,3-6,8,12-15H2,1-2H3/t20-/m1/s1. The lowest BCUT2D eigenvalue weighted by Gasteiger charge is -2.48. The Kier molecular flexibility index (Phi) is 4.95. The predicted molar refractivity (Wildman–Crippen MR) is 102 cm³/mol. The summed E-state index contributed by atoms with van der Waals surface area (Å²) < 4.78 is 2.09. The van der Waals surface area contributed by atoms with Crippen molar-refractivity contribution in [2.24, 2.45) is 12.5 Å². The third-order valence-electron chi connectivity index (χ3n) is 5.96. The Bertz CT molecular complexity index is 801. The molecule has 0 bridgehead atoms. The molecule has 2 saturated heterocycles. The Hall–Kier alpha value is -2.28. The minimum atomic E-state index is 0.190. The minimum Gasteiger partial charge on any atom is -0.337 e. The third kappa shape index (κ3) is 4.03. The Labute approximate surface area is 160 Å². The van der Waals surface area contributed by atoms with E-state index >= 15 is 0 Å². The van der Waals surface area contributed by atoms with E-state index in [0.29, 0.717) is 13.0 Å². The number of amides is 1. The molecule has 0 N–H and O–H groups in total. The summed E-state index contributed by atoms with van der Waals surface area (Å²) in [5.74, 6) is 1.34. The number of aryl methyl sites for hydroxylation is 2. The first-order chi connectivity index (χ1) is 13.0. The molecule has 7 heteroatoms. The Morgan fingerprint density at radius 3 is 2.74 bits per heavy atom. The minimum absolute atomic E-state index is 0.190. The second-order valence-corrected chi connectivity index (χ2v) is 8.17. The fraction of sp³-hybridized carbons (Fsp3) is 0.600. The van der Waals surface area contributed by atoms with Crippen molar-refractivity contribution in [2.75, 3.05) is 19.6 Å². The molecule has 4 heterocycles. The Morgan fingerprint density at radius 2 is 2.00 bits per heavy atom. The first-order valence-electron chi connectivity index (χ1n) is 9.77. The van der Waals surface area contributed by atoms with E-state index in [2.05, 4.69) is 24.4 Å². The molecule has 0 aliphatic carbocycles. The van der Waals surface area contributed by atoms with Crippen molar-refractivity contribution in [1.82, 2.24) is 29.3 Å². The van der Waals surface area contributed by atoms with Crippen LogP contribution in [0.15, 0.2) is 24.8 Å². The van der Waals surface area contributed by atoms with Gasteiger partial charge in [0.25, 0.3) is 0 Å². The second kappa shape index (κ2) is 7.38. The summed E-state index contributed by atoms with van der Waals surface area (Å²) in [5.41, 5.74) is 1.96. The molecule has 2 aliphatic heterocycles. The molecule has 4 rings (SSSR count). The molecule has 7 nitrogen and oxygen atoms in total. The monoisotopic (exact) mass is 368 g/mol. The van der Waals surface area contributed by atoms with Gasteiger partial charge in [0.1, 0.15) is 5.82 Å². The van der Waals surface area contributed by atoms with Crippen LogP contribution >= 0.6 is 0 Å². The van der Waals surface area contributed by atoms with Crippen molar-refractivity contribution in [3.05, 3.63) is 42.0 Å². The number of likely N-dealkylation sites (tertiary alicyclic amines) is 2. The van der Waals surface area contributed by atoms with Crippen LogP contribution in [0.2, 0.25) is 0 Å². The van der Waals surface area contributed by atoms with Crippen molar-refractivity contribution in [1.29, 1.82) is 0 Å². The first-order valence-corrected chi connectivity index (χ1v) is 9.77. The van der Waals surface area contributed by atoms with Gasteiger partial charge in [-0.25, -0.2) is 4.98 Å². The van der Waals surface area contributed by atoms with Crippen molar-refractivity contribution in [2.45, 2.75) is 45.7 Å². The third-order valence-corrected chi connectivity index (χ3v) is 5.96. The van der Waals surface area contributed by atoms with Crippen molar-refractivity contribution in [3.63, 3.8) is 0 Å². The molecule has 2 aromatic rings. The smallest absolute Gasteiger partial charge is 0.222 e. The number of aromatic nitrogens is 4. The van der Waals surface area contributed by atoms with Crippen LogP contribution in [0.1, 0.15) is 42.9 Å². The molecule has 1 amide bonds. The SMILES string of the molecule is Cc1cnc(CN2C[C@]3(CCCN(Cc4nccn4C)C3)CCC2=O)cn1. The van der Waals surface area contributed by atoms with Gasteiger partial charge in [-0.05, 0) is 32.7 Å². The van der Waals surface area contributed by atoms with E-state index in [-0.39, 0.29) is 11.3 Å². The summed E-state index contributed by atoms with van der Waals surface area (Å²) in [6.07, 6.45) is 11.4. The maximum absolute atomic E-state index is 12.5. The van der Waals surface area contributed by atoms with Gasteiger partial charge in [-0.1, -0.05) is 0 Å². The fourth-order valence-corrected chi connectivity index (χ4v) is 4.47. The first kappa shape index (κ1) is 18.1. The van der Waals surface area contributed by atoms with Crippen LogP contribution in [0, 0.1) is 12.3 Å².